The third-order valence-electron chi connectivity index (χ3n) is 2.88. The van der Waals surface area contributed by atoms with Crippen LogP contribution in [-0.2, 0) is 0 Å². The van der Waals surface area contributed by atoms with Crippen LogP contribution in [0.15, 0.2) is 24.3 Å². The normalized spacial score (nSPS) is 11.9. The molecule has 4 heteroatoms. The summed E-state index contributed by atoms with van der Waals surface area (Å²) in [5.74, 6) is 0.706. The van der Waals surface area contributed by atoms with Gasteiger partial charge in [-0.15, -0.1) is 11.6 Å². The van der Waals surface area contributed by atoms with Gasteiger partial charge in [-0.25, -0.2) is 0 Å². The van der Waals surface area contributed by atoms with Gasteiger partial charge in [0, 0.05) is 17.8 Å². The molecule has 0 atom stereocenters. The van der Waals surface area contributed by atoms with Crippen LogP contribution in [0.3, 0.4) is 0 Å². The molecular formula is C13H17ClN2S. The van der Waals surface area contributed by atoms with Crippen LogP contribution >= 0.6 is 23.1 Å². The highest BCUT2D eigenvalue weighted by Crippen LogP contribution is 2.29. The van der Waals surface area contributed by atoms with E-state index in [1.165, 1.54) is 16.9 Å². The Labute approximate surface area is 111 Å². The fourth-order valence-corrected chi connectivity index (χ4v) is 2.95. The van der Waals surface area contributed by atoms with Crippen molar-refractivity contribution in [3.05, 3.63) is 24.3 Å². The quantitative estimate of drug-likeness (QED) is 0.815. The Morgan fingerprint density at radius 1 is 1.35 bits per heavy atom. The Balaban J connectivity index is 2.09. The van der Waals surface area contributed by atoms with Crippen LogP contribution in [0, 0.1) is 5.41 Å². The first-order valence-electron chi connectivity index (χ1n) is 5.77. The smallest absolute Gasteiger partial charge is 0.117 e. The van der Waals surface area contributed by atoms with Gasteiger partial charge in [0.2, 0.25) is 0 Å². The second kappa shape index (κ2) is 5.23. The van der Waals surface area contributed by atoms with Crippen molar-refractivity contribution >= 4 is 39.0 Å². The number of benzene rings is 1. The predicted octanol–water partition coefficient (Wildman–Crippen LogP) is 4.36. The Morgan fingerprint density at radius 2 is 2.12 bits per heavy atom. The zero-order chi connectivity index (χ0) is 12.3. The van der Waals surface area contributed by atoms with E-state index in [4.69, 9.17) is 11.6 Å². The van der Waals surface area contributed by atoms with Crippen molar-refractivity contribution < 1.29 is 0 Å². The molecule has 0 unspecified atom stereocenters. The fourth-order valence-electron chi connectivity index (χ4n) is 1.68. The molecule has 1 heterocycles. The number of halogens is 1. The third-order valence-corrected chi connectivity index (χ3v) is 3.91. The van der Waals surface area contributed by atoms with Crippen LogP contribution in [0.2, 0.25) is 0 Å². The molecule has 0 amide bonds. The Kier molecular flexibility index (Phi) is 3.89. The first-order valence-corrected chi connectivity index (χ1v) is 7.07. The maximum atomic E-state index is 5.80. The molecule has 1 aromatic carbocycles. The van der Waals surface area contributed by atoms with E-state index >= 15 is 0 Å². The van der Waals surface area contributed by atoms with E-state index in [-0.39, 0.29) is 5.41 Å². The fraction of sp³-hybridized carbons (Fsp3) is 0.462. The minimum Gasteiger partial charge on any atom is -0.375 e. The maximum absolute atomic E-state index is 5.80. The van der Waals surface area contributed by atoms with E-state index < -0.39 is 0 Å². The van der Waals surface area contributed by atoms with Crippen LogP contribution in [0.5, 0.6) is 0 Å². The lowest BCUT2D eigenvalue weighted by molar-refractivity contribution is 0.380. The lowest BCUT2D eigenvalue weighted by atomic mass is 9.90. The first kappa shape index (κ1) is 12.7. The van der Waals surface area contributed by atoms with Crippen molar-refractivity contribution in [2.75, 3.05) is 17.7 Å². The SMILES string of the molecule is CC(C)(CCCl)CNc1snc2ccccc12. The van der Waals surface area contributed by atoms with E-state index in [0.29, 0.717) is 5.88 Å². The molecule has 0 aliphatic rings. The van der Waals surface area contributed by atoms with Crippen LogP contribution in [0.4, 0.5) is 5.00 Å². The number of fused-ring (bicyclic) bond motifs is 1. The second-order valence-corrected chi connectivity index (χ2v) is 6.14. The first-order chi connectivity index (χ1) is 8.12. The predicted molar refractivity (Wildman–Crippen MR) is 77.2 cm³/mol. The minimum absolute atomic E-state index is 0.215. The average Bonchev–Trinajstić information content (AvgIpc) is 2.70. The zero-order valence-corrected chi connectivity index (χ0v) is 11.7. The van der Waals surface area contributed by atoms with Crippen molar-refractivity contribution in [2.45, 2.75) is 20.3 Å². The van der Waals surface area contributed by atoms with Crippen LogP contribution in [0.1, 0.15) is 20.3 Å². The van der Waals surface area contributed by atoms with Gasteiger partial charge < -0.3 is 5.32 Å². The molecule has 0 bridgehead atoms. The highest BCUT2D eigenvalue weighted by Gasteiger charge is 2.17. The summed E-state index contributed by atoms with van der Waals surface area (Å²) in [6.07, 6.45) is 1.01. The van der Waals surface area contributed by atoms with E-state index in [1.807, 2.05) is 18.2 Å². The standard InChI is InChI=1S/C13H17ClN2S/c1-13(2,7-8-14)9-15-12-10-5-3-4-6-11(10)16-17-12/h3-6,15H,7-9H2,1-2H3. The summed E-state index contributed by atoms with van der Waals surface area (Å²) >= 11 is 7.33. The van der Waals surface area contributed by atoms with Gasteiger partial charge in [-0.05, 0) is 35.5 Å². The molecule has 1 aromatic heterocycles. The molecule has 0 aliphatic heterocycles. The van der Waals surface area contributed by atoms with Gasteiger partial charge in [0.05, 0.1) is 5.52 Å². The van der Waals surface area contributed by atoms with Gasteiger partial charge in [-0.3, -0.25) is 0 Å². The summed E-state index contributed by atoms with van der Waals surface area (Å²) in [5.41, 5.74) is 1.28. The molecule has 0 saturated heterocycles. The van der Waals surface area contributed by atoms with Gasteiger partial charge in [0.25, 0.3) is 0 Å². The van der Waals surface area contributed by atoms with Gasteiger partial charge in [0.1, 0.15) is 5.00 Å². The summed E-state index contributed by atoms with van der Waals surface area (Å²) in [4.78, 5) is 0. The van der Waals surface area contributed by atoms with E-state index in [1.54, 1.807) is 0 Å². The van der Waals surface area contributed by atoms with E-state index in [0.717, 1.165) is 23.5 Å². The molecule has 2 aromatic rings. The second-order valence-electron chi connectivity index (χ2n) is 4.99. The van der Waals surface area contributed by atoms with Crippen LogP contribution in [-0.4, -0.2) is 16.8 Å². The molecule has 2 nitrogen and oxygen atoms in total. The molecule has 1 N–H and O–H groups in total. The number of alkyl halides is 1. The Morgan fingerprint density at radius 3 is 2.88 bits per heavy atom. The maximum Gasteiger partial charge on any atom is 0.117 e. The van der Waals surface area contributed by atoms with Gasteiger partial charge in [-0.1, -0.05) is 26.0 Å². The third kappa shape index (κ3) is 3.11. The van der Waals surface area contributed by atoms with Crippen molar-refractivity contribution in [3.63, 3.8) is 0 Å². The Bertz CT molecular complexity index is 493. The summed E-state index contributed by atoms with van der Waals surface area (Å²) in [6, 6.07) is 8.21. The topological polar surface area (TPSA) is 24.9 Å². The Hall–Kier alpha value is -0.800. The van der Waals surface area contributed by atoms with E-state index in [2.05, 4.69) is 29.6 Å². The lowest BCUT2D eigenvalue weighted by Crippen LogP contribution is -2.23. The lowest BCUT2D eigenvalue weighted by Gasteiger charge is -2.23. The molecule has 92 valence electrons. The number of hydrogen-bond acceptors (Lipinski definition) is 3. The van der Waals surface area contributed by atoms with E-state index in [9.17, 15) is 0 Å². The van der Waals surface area contributed by atoms with Gasteiger partial charge >= 0.3 is 0 Å². The molecular weight excluding hydrogens is 252 g/mol. The monoisotopic (exact) mass is 268 g/mol. The van der Waals surface area contributed by atoms with Crippen molar-refractivity contribution in [1.82, 2.24) is 4.37 Å². The number of anilines is 1. The average molecular weight is 269 g/mol. The highest BCUT2D eigenvalue weighted by atomic mass is 35.5. The number of nitrogens with one attached hydrogen (secondary N) is 1. The van der Waals surface area contributed by atoms with Crippen molar-refractivity contribution in [2.24, 2.45) is 5.41 Å². The van der Waals surface area contributed by atoms with Crippen LogP contribution < -0.4 is 5.32 Å². The highest BCUT2D eigenvalue weighted by molar-refractivity contribution is 7.11. The van der Waals surface area contributed by atoms with Crippen LogP contribution in [0.25, 0.3) is 10.9 Å². The summed E-state index contributed by atoms with van der Waals surface area (Å²) in [5, 5.41) is 5.85. The number of hydrogen-bond donors (Lipinski definition) is 1. The molecule has 0 radical (unpaired) electrons. The summed E-state index contributed by atoms with van der Waals surface area (Å²) in [7, 11) is 0. The number of nitrogens with zero attached hydrogens (tertiary/aromatic N) is 1. The number of rotatable bonds is 5. The zero-order valence-electron chi connectivity index (χ0n) is 10.2. The van der Waals surface area contributed by atoms with Gasteiger partial charge in [-0.2, -0.15) is 4.37 Å². The summed E-state index contributed by atoms with van der Waals surface area (Å²) in [6.45, 7) is 5.38. The summed E-state index contributed by atoms with van der Waals surface area (Å²) < 4.78 is 4.42. The molecule has 0 saturated carbocycles. The minimum atomic E-state index is 0.215. The molecule has 17 heavy (non-hydrogen) atoms. The molecule has 0 aliphatic carbocycles. The van der Waals surface area contributed by atoms with Crippen molar-refractivity contribution in [3.8, 4) is 0 Å². The largest absolute Gasteiger partial charge is 0.375 e. The number of aromatic nitrogens is 1. The van der Waals surface area contributed by atoms with Crippen molar-refractivity contribution in [1.29, 1.82) is 0 Å². The molecule has 2 rings (SSSR count). The molecule has 0 spiro atoms. The van der Waals surface area contributed by atoms with Gasteiger partial charge in [0.15, 0.2) is 0 Å². The molecule has 0 fully saturated rings.